The monoisotopic (exact) mass is 412 g/mol. The second kappa shape index (κ2) is 5.72. The van der Waals surface area contributed by atoms with Crippen molar-refractivity contribution in [3.8, 4) is 0 Å². The summed E-state index contributed by atoms with van der Waals surface area (Å²) in [5.74, 6) is 0. The van der Waals surface area contributed by atoms with Gasteiger partial charge in [0.25, 0.3) is 0 Å². The number of aromatic nitrogens is 2. The molecule has 0 aliphatic heterocycles. The number of carbonyl (C=O) groups is 2. The summed E-state index contributed by atoms with van der Waals surface area (Å²) in [6, 6.07) is 1.57. The molecule has 0 unspecified atom stereocenters. The fourth-order valence-electron chi connectivity index (χ4n) is 2.92. The van der Waals surface area contributed by atoms with Gasteiger partial charge in [0.1, 0.15) is 0 Å². The van der Waals surface area contributed by atoms with Gasteiger partial charge in [0, 0.05) is 4.47 Å². The smallest absolute Gasteiger partial charge is 0.420 e. The van der Waals surface area contributed by atoms with E-state index in [1.165, 1.54) is 0 Å². The van der Waals surface area contributed by atoms with Gasteiger partial charge in [0.05, 0.1) is 11.0 Å². The molecule has 0 atom stereocenters. The summed E-state index contributed by atoms with van der Waals surface area (Å²) < 4.78 is 1.67. The van der Waals surface area contributed by atoms with Crippen molar-refractivity contribution in [2.24, 2.45) is 0 Å². The Morgan fingerprint density at radius 1 is 0.960 bits per heavy atom. The zero-order valence-electron chi connectivity index (χ0n) is 15.0. The molecule has 0 spiro atoms. The van der Waals surface area contributed by atoms with Crippen LogP contribution in [0.15, 0.2) is 15.3 Å². The van der Waals surface area contributed by atoms with E-state index in [0.717, 1.165) is 5.56 Å². The number of nitrogens with zero attached hydrogens (tertiary/aromatic N) is 2. The van der Waals surface area contributed by atoms with Crippen LogP contribution in [-0.4, -0.2) is 31.5 Å². The van der Waals surface area contributed by atoms with Gasteiger partial charge in [0.2, 0.25) is 0 Å². The first-order valence-electron chi connectivity index (χ1n) is 7.67. The SMILES string of the molecule is CC(C)(C)c1cc2c(c(C(C)(C)C)c1Br)n(C(=O)O)c(=O)n2C(=O)O. The molecule has 1 aromatic carbocycles. The minimum atomic E-state index is -1.52. The van der Waals surface area contributed by atoms with Gasteiger partial charge in [-0.25, -0.2) is 14.4 Å². The maximum atomic E-state index is 12.5. The molecule has 2 aromatic rings. The predicted molar refractivity (Wildman–Crippen MR) is 98.1 cm³/mol. The van der Waals surface area contributed by atoms with E-state index in [1.807, 2.05) is 41.5 Å². The Balaban J connectivity index is 3.29. The van der Waals surface area contributed by atoms with Crippen molar-refractivity contribution in [2.45, 2.75) is 52.4 Å². The summed E-state index contributed by atoms with van der Waals surface area (Å²) in [5.41, 5.74) is -0.467. The molecule has 0 radical (unpaired) electrons. The summed E-state index contributed by atoms with van der Waals surface area (Å²) in [5, 5.41) is 19.0. The molecular weight excluding hydrogens is 392 g/mol. The average molecular weight is 413 g/mol. The lowest BCUT2D eigenvalue weighted by Gasteiger charge is -2.28. The quantitative estimate of drug-likeness (QED) is 0.674. The number of rotatable bonds is 0. The van der Waals surface area contributed by atoms with Gasteiger partial charge >= 0.3 is 17.9 Å². The number of fused-ring (bicyclic) bond motifs is 1. The number of hydrogen-bond donors (Lipinski definition) is 2. The molecule has 136 valence electrons. The normalized spacial score (nSPS) is 12.6. The van der Waals surface area contributed by atoms with Crippen LogP contribution in [0.3, 0.4) is 0 Å². The Morgan fingerprint density at radius 2 is 1.44 bits per heavy atom. The second-order valence-electron chi connectivity index (χ2n) is 8.00. The molecular formula is C17H21BrN2O5. The molecule has 0 fully saturated rings. The Bertz CT molecular complexity index is 955. The molecule has 0 saturated heterocycles. The molecule has 8 heteroatoms. The van der Waals surface area contributed by atoms with Gasteiger partial charge < -0.3 is 10.2 Å². The highest BCUT2D eigenvalue weighted by Crippen LogP contribution is 2.42. The molecule has 1 aromatic heterocycles. The summed E-state index contributed by atoms with van der Waals surface area (Å²) in [6.45, 7) is 11.5. The van der Waals surface area contributed by atoms with Crippen molar-refractivity contribution >= 4 is 39.1 Å². The van der Waals surface area contributed by atoms with Gasteiger partial charge in [0.15, 0.2) is 0 Å². The lowest BCUT2D eigenvalue weighted by Crippen LogP contribution is -2.31. The lowest BCUT2D eigenvalue weighted by atomic mass is 9.80. The highest BCUT2D eigenvalue weighted by atomic mass is 79.9. The van der Waals surface area contributed by atoms with Crippen LogP contribution in [0.1, 0.15) is 52.7 Å². The minimum Gasteiger partial charge on any atom is -0.464 e. The van der Waals surface area contributed by atoms with Crippen LogP contribution >= 0.6 is 15.9 Å². The van der Waals surface area contributed by atoms with Gasteiger partial charge in [-0.05, 0) is 28.0 Å². The molecule has 0 bridgehead atoms. The first kappa shape index (κ1) is 19.2. The average Bonchev–Trinajstić information content (AvgIpc) is 2.66. The first-order chi connectivity index (χ1) is 11.2. The standard InChI is InChI=1S/C17H21BrN2O5/c1-16(2,3)8-7-9-12(10(11(8)18)17(4,5)6)20(15(24)25)13(21)19(9)14(22)23/h7H,1-6H3,(H,22,23)(H,24,25). The molecule has 0 aliphatic carbocycles. The summed E-state index contributed by atoms with van der Waals surface area (Å²) >= 11 is 3.56. The van der Waals surface area contributed by atoms with Crippen LogP contribution in [0, 0.1) is 0 Å². The van der Waals surface area contributed by atoms with Crippen molar-refractivity contribution in [1.82, 2.24) is 9.13 Å². The Hall–Kier alpha value is -2.09. The molecule has 25 heavy (non-hydrogen) atoms. The second-order valence-corrected chi connectivity index (χ2v) is 8.79. The third-order valence-electron chi connectivity index (χ3n) is 4.00. The number of imidazole rings is 1. The molecule has 0 amide bonds. The third kappa shape index (κ3) is 2.99. The minimum absolute atomic E-state index is 0.0675. The third-order valence-corrected chi connectivity index (χ3v) is 4.83. The predicted octanol–water partition coefficient (Wildman–Crippen LogP) is 4.21. The van der Waals surface area contributed by atoms with E-state index in [4.69, 9.17) is 0 Å². The largest absolute Gasteiger partial charge is 0.464 e. The summed E-state index contributed by atoms with van der Waals surface area (Å²) in [6.07, 6.45) is -3.03. The van der Waals surface area contributed by atoms with Crippen LogP contribution in [-0.2, 0) is 10.8 Å². The Labute approximate surface area is 153 Å². The van der Waals surface area contributed by atoms with Crippen molar-refractivity contribution in [3.63, 3.8) is 0 Å². The Kier molecular flexibility index (Phi) is 4.40. The van der Waals surface area contributed by atoms with E-state index in [2.05, 4.69) is 15.9 Å². The number of hydrogen-bond acceptors (Lipinski definition) is 3. The van der Waals surface area contributed by atoms with Crippen LogP contribution < -0.4 is 5.69 Å². The zero-order valence-corrected chi connectivity index (χ0v) is 16.6. The molecule has 1 heterocycles. The molecule has 0 aliphatic rings. The van der Waals surface area contributed by atoms with Crippen molar-refractivity contribution in [3.05, 3.63) is 32.2 Å². The van der Waals surface area contributed by atoms with Crippen molar-refractivity contribution in [1.29, 1.82) is 0 Å². The van der Waals surface area contributed by atoms with Gasteiger partial charge in [-0.15, -0.1) is 0 Å². The van der Waals surface area contributed by atoms with Gasteiger partial charge in [-0.3, -0.25) is 0 Å². The maximum absolute atomic E-state index is 12.5. The van der Waals surface area contributed by atoms with E-state index in [1.54, 1.807) is 6.07 Å². The van der Waals surface area contributed by atoms with Crippen LogP contribution in [0.5, 0.6) is 0 Å². The van der Waals surface area contributed by atoms with E-state index < -0.39 is 23.3 Å². The Morgan fingerprint density at radius 3 is 1.80 bits per heavy atom. The first-order valence-corrected chi connectivity index (χ1v) is 8.46. The molecule has 2 N–H and O–H groups in total. The van der Waals surface area contributed by atoms with E-state index in [0.29, 0.717) is 19.2 Å². The zero-order chi connectivity index (χ0) is 19.5. The maximum Gasteiger partial charge on any atom is 0.420 e. The van der Waals surface area contributed by atoms with Crippen LogP contribution in [0.2, 0.25) is 0 Å². The van der Waals surface area contributed by atoms with Crippen LogP contribution in [0.4, 0.5) is 9.59 Å². The van der Waals surface area contributed by atoms with E-state index in [9.17, 15) is 24.6 Å². The summed E-state index contributed by atoms with van der Waals surface area (Å²) in [4.78, 5) is 35.8. The lowest BCUT2D eigenvalue weighted by molar-refractivity contribution is 0.193. The van der Waals surface area contributed by atoms with Gasteiger partial charge in [-0.2, -0.15) is 9.13 Å². The number of halogens is 1. The number of carboxylic acid groups (broad SMARTS) is 2. The highest BCUT2D eigenvalue weighted by Gasteiger charge is 2.33. The molecule has 7 nitrogen and oxygen atoms in total. The fourth-order valence-corrected chi connectivity index (χ4v) is 4.41. The van der Waals surface area contributed by atoms with E-state index in [-0.39, 0.29) is 16.4 Å². The molecule has 0 saturated carbocycles. The van der Waals surface area contributed by atoms with Crippen molar-refractivity contribution < 1.29 is 19.8 Å². The number of benzene rings is 1. The fraction of sp³-hybridized carbons (Fsp3) is 0.471. The highest BCUT2D eigenvalue weighted by molar-refractivity contribution is 9.10. The van der Waals surface area contributed by atoms with E-state index >= 15 is 0 Å². The van der Waals surface area contributed by atoms with Crippen LogP contribution in [0.25, 0.3) is 11.0 Å². The van der Waals surface area contributed by atoms with Gasteiger partial charge in [-0.1, -0.05) is 57.5 Å². The van der Waals surface area contributed by atoms with Crippen molar-refractivity contribution in [2.75, 3.05) is 0 Å². The summed E-state index contributed by atoms with van der Waals surface area (Å²) in [7, 11) is 0. The topological polar surface area (TPSA) is 102 Å². The molecule has 2 rings (SSSR count).